The topological polar surface area (TPSA) is 105 Å². The molecule has 1 unspecified atom stereocenters. The van der Waals surface area contributed by atoms with Crippen molar-refractivity contribution in [3.05, 3.63) is 88.1 Å². The van der Waals surface area contributed by atoms with Crippen LogP contribution in [0.25, 0.3) is 5.57 Å². The zero-order valence-electron chi connectivity index (χ0n) is 24.8. The largest absolute Gasteiger partial charge is 0.491 e. The highest BCUT2D eigenvalue weighted by Crippen LogP contribution is 2.43. The third-order valence-electron chi connectivity index (χ3n) is 8.78. The molecule has 3 aliphatic carbocycles. The van der Waals surface area contributed by atoms with Gasteiger partial charge in [-0.15, -0.1) is 0 Å². The summed E-state index contributed by atoms with van der Waals surface area (Å²) in [5.74, 6) is 2.69. The molecule has 1 amide bonds. The summed E-state index contributed by atoms with van der Waals surface area (Å²) >= 11 is 0. The van der Waals surface area contributed by atoms with Crippen LogP contribution >= 0.6 is 0 Å². The van der Waals surface area contributed by atoms with Crippen LogP contribution in [0, 0.1) is 12.8 Å². The van der Waals surface area contributed by atoms with Crippen molar-refractivity contribution >= 4 is 17.3 Å². The molecule has 1 atom stereocenters. The van der Waals surface area contributed by atoms with E-state index in [9.17, 15) is 4.79 Å². The molecule has 0 radical (unpaired) electrons. The number of fused-ring (bicyclic) bond motifs is 1. The highest BCUT2D eigenvalue weighted by molar-refractivity contribution is 5.99. The number of ether oxygens (including phenoxy) is 1. The Kier molecular flexibility index (Phi) is 8.53. The summed E-state index contributed by atoms with van der Waals surface area (Å²) in [6.45, 7) is 8.37. The molecule has 2 heterocycles. The summed E-state index contributed by atoms with van der Waals surface area (Å²) in [4.78, 5) is 25.0. The SMILES string of the molecule is CC1=C(c2ncnc(NCC3=CCC(CNCCN)C=C3)c2C)CCC=C1N1CCOc2cc(C3CC3)ccc2C1=O. The van der Waals surface area contributed by atoms with Crippen molar-refractivity contribution in [1.82, 2.24) is 20.2 Å². The lowest BCUT2D eigenvalue weighted by Crippen LogP contribution is -2.33. The number of carbonyl (C=O) groups excluding carboxylic acids is 1. The highest BCUT2D eigenvalue weighted by Gasteiger charge is 2.31. The molecule has 0 bridgehead atoms. The highest BCUT2D eigenvalue weighted by atomic mass is 16.5. The quantitative estimate of drug-likeness (QED) is 0.343. The van der Waals surface area contributed by atoms with Crippen LogP contribution in [-0.4, -0.2) is 60.1 Å². The number of nitrogens with one attached hydrogen (secondary N) is 2. The third-order valence-corrected chi connectivity index (χ3v) is 8.78. The first-order valence-electron chi connectivity index (χ1n) is 15.4. The van der Waals surface area contributed by atoms with Crippen molar-refractivity contribution in [3.63, 3.8) is 0 Å². The third kappa shape index (κ3) is 6.05. The van der Waals surface area contributed by atoms with Crippen LogP contribution in [0.2, 0.25) is 0 Å². The molecule has 8 heteroatoms. The molecule has 220 valence electrons. The van der Waals surface area contributed by atoms with Gasteiger partial charge in [-0.1, -0.05) is 30.4 Å². The minimum Gasteiger partial charge on any atom is -0.491 e. The van der Waals surface area contributed by atoms with Gasteiger partial charge in [-0.05, 0) is 92.2 Å². The number of benzene rings is 1. The summed E-state index contributed by atoms with van der Waals surface area (Å²) < 4.78 is 6.09. The maximum absolute atomic E-state index is 13.8. The second-order valence-electron chi connectivity index (χ2n) is 11.7. The summed E-state index contributed by atoms with van der Waals surface area (Å²) in [6.07, 6.45) is 15.8. The summed E-state index contributed by atoms with van der Waals surface area (Å²) in [5, 5.41) is 6.93. The van der Waals surface area contributed by atoms with Crippen molar-refractivity contribution in [2.75, 3.05) is 44.6 Å². The molecular weight excluding hydrogens is 524 g/mol. The minimum atomic E-state index is 0.00433. The summed E-state index contributed by atoms with van der Waals surface area (Å²) in [5.41, 5.74) is 14.0. The molecule has 2 aromatic rings. The zero-order valence-corrected chi connectivity index (χ0v) is 24.8. The van der Waals surface area contributed by atoms with Crippen molar-refractivity contribution < 1.29 is 9.53 Å². The van der Waals surface area contributed by atoms with Gasteiger partial charge in [0.15, 0.2) is 0 Å². The Hall–Kier alpha value is -3.75. The van der Waals surface area contributed by atoms with Crippen molar-refractivity contribution in [2.45, 2.75) is 51.9 Å². The van der Waals surface area contributed by atoms with Crippen LogP contribution in [0.3, 0.4) is 0 Å². The minimum absolute atomic E-state index is 0.00433. The molecule has 1 fully saturated rings. The predicted octanol–water partition coefficient (Wildman–Crippen LogP) is 5.11. The average molecular weight is 567 g/mol. The number of carbonyl (C=O) groups is 1. The van der Waals surface area contributed by atoms with Gasteiger partial charge in [0.1, 0.15) is 24.5 Å². The molecule has 1 aliphatic heterocycles. The molecule has 4 aliphatic rings. The Labute approximate surface area is 248 Å². The van der Waals surface area contributed by atoms with E-state index >= 15 is 0 Å². The van der Waals surface area contributed by atoms with Crippen LogP contribution in [0.5, 0.6) is 5.75 Å². The lowest BCUT2D eigenvalue weighted by atomic mass is 9.90. The van der Waals surface area contributed by atoms with E-state index < -0.39 is 0 Å². The molecule has 4 N–H and O–H groups in total. The number of nitrogens with zero attached hydrogens (tertiary/aromatic N) is 3. The lowest BCUT2D eigenvalue weighted by Gasteiger charge is -2.29. The van der Waals surface area contributed by atoms with Crippen LogP contribution in [0.4, 0.5) is 5.82 Å². The Bertz CT molecular complexity index is 1470. The normalized spacial score (nSPS) is 20.5. The first-order chi connectivity index (χ1) is 20.5. The number of allylic oxidation sites excluding steroid dienone is 4. The van der Waals surface area contributed by atoms with E-state index in [2.05, 4.69) is 65.9 Å². The Morgan fingerprint density at radius 3 is 2.83 bits per heavy atom. The first-order valence-corrected chi connectivity index (χ1v) is 15.4. The maximum Gasteiger partial charge on any atom is 0.262 e. The van der Waals surface area contributed by atoms with E-state index in [1.807, 2.05) is 11.0 Å². The number of amides is 1. The van der Waals surface area contributed by atoms with Gasteiger partial charge in [0, 0.05) is 37.4 Å². The Morgan fingerprint density at radius 2 is 2.05 bits per heavy atom. The number of hydrogen-bond donors (Lipinski definition) is 3. The van der Waals surface area contributed by atoms with Crippen LogP contribution in [-0.2, 0) is 0 Å². The average Bonchev–Trinajstić information content (AvgIpc) is 3.87. The number of aromatic nitrogens is 2. The molecule has 8 nitrogen and oxygen atoms in total. The van der Waals surface area contributed by atoms with E-state index in [0.717, 1.165) is 60.7 Å². The van der Waals surface area contributed by atoms with E-state index in [4.69, 9.17) is 15.5 Å². The van der Waals surface area contributed by atoms with E-state index in [-0.39, 0.29) is 5.91 Å². The molecule has 1 aromatic carbocycles. The molecule has 6 rings (SSSR count). The second-order valence-corrected chi connectivity index (χ2v) is 11.7. The lowest BCUT2D eigenvalue weighted by molar-refractivity contribution is 0.0810. The van der Waals surface area contributed by atoms with Gasteiger partial charge in [-0.25, -0.2) is 9.97 Å². The number of rotatable bonds is 10. The van der Waals surface area contributed by atoms with E-state index in [0.29, 0.717) is 49.4 Å². The molecule has 0 spiro atoms. The number of hydrogen-bond acceptors (Lipinski definition) is 7. The number of nitrogens with two attached hydrogens (primary N) is 1. The van der Waals surface area contributed by atoms with Crippen molar-refractivity contribution in [2.24, 2.45) is 11.7 Å². The Balaban J connectivity index is 1.17. The fraction of sp³-hybridized carbons (Fsp3) is 0.441. The van der Waals surface area contributed by atoms with Crippen molar-refractivity contribution in [3.8, 4) is 5.75 Å². The summed E-state index contributed by atoms with van der Waals surface area (Å²) in [7, 11) is 0. The molecule has 42 heavy (non-hydrogen) atoms. The fourth-order valence-electron chi connectivity index (χ4n) is 6.19. The summed E-state index contributed by atoms with van der Waals surface area (Å²) in [6, 6.07) is 6.13. The van der Waals surface area contributed by atoms with Gasteiger partial charge in [-0.2, -0.15) is 0 Å². The predicted molar refractivity (Wildman–Crippen MR) is 167 cm³/mol. The Morgan fingerprint density at radius 1 is 1.17 bits per heavy atom. The van der Waals surface area contributed by atoms with Crippen molar-refractivity contribution in [1.29, 1.82) is 0 Å². The molecule has 1 aromatic heterocycles. The first kappa shape index (κ1) is 28.4. The number of anilines is 1. The molecular formula is C34H42N6O2. The standard InChI is InChI=1S/C34H42N6O2/c1-22-28(32-23(2)33(39-21-38-32)37-20-25-8-6-24(7-9-25)19-36-15-14-35)4-3-5-30(22)40-16-17-42-31-18-27(26-10-11-26)12-13-29(31)34(40)41/h5-6,8-9,12-13,18,21,24,26,36H,3-4,7,10-11,14-17,19-20,35H2,1-2H3,(H,37,38,39). The van der Waals surface area contributed by atoms with E-state index in [1.165, 1.54) is 29.6 Å². The van der Waals surface area contributed by atoms with Gasteiger partial charge in [0.05, 0.1) is 17.8 Å². The van der Waals surface area contributed by atoms with Crippen LogP contribution in [0.15, 0.2) is 65.7 Å². The fourth-order valence-corrected chi connectivity index (χ4v) is 6.19. The molecule has 0 saturated heterocycles. The molecule has 1 saturated carbocycles. The van der Waals surface area contributed by atoms with E-state index in [1.54, 1.807) is 6.33 Å². The van der Waals surface area contributed by atoms with Crippen LogP contribution in [0.1, 0.15) is 72.1 Å². The van der Waals surface area contributed by atoms with Gasteiger partial charge in [0.2, 0.25) is 0 Å². The van der Waals surface area contributed by atoms with Crippen LogP contribution < -0.4 is 21.1 Å². The zero-order chi connectivity index (χ0) is 29.1. The van der Waals surface area contributed by atoms with Gasteiger partial charge in [-0.3, -0.25) is 4.79 Å². The monoisotopic (exact) mass is 566 g/mol. The van der Waals surface area contributed by atoms with Gasteiger partial charge in [0.25, 0.3) is 5.91 Å². The van der Waals surface area contributed by atoms with Gasteiger partial charge < -0.3 is 26.0 Å². The smallest absolute Gasteiger partial charge is 0.262 e. The second kappa shape index (κ2) is 12.6. The van der Waals surface area contributed by atoms with Gasteiger partial charge >= 0.3 is 0 Å². The maximum atomic E-state index is 13.8.